The summed E-state index contributed by atoms with van der Waals surface area (Å²) in [4.78, 5) is 52.1. The van der Waals surface area contributed by atoms with E-state index in [0.717, 1.165) is 32.1 Å². The molecule has 0 aromatic carbocycles. The molecule has 8 heteroatoms. The number of ether oxygens (including phenoxy) is 1. The second kappa shape index (κ2) is 11.2. The lowest BCUT2D eigenvalue weighted by Crippen LogP contribution is -2.66. The van der Waals surface area contributed by atoms with Crippen LogP contribution in [0.5, 0.6) is 0 Å². The smallest absolute Gasteiger partial charge is 0.309 e. The molecular weight excluding hydrogens is 580 g/mol. The lowest BCUT2D eigenvalue weighted by atomic mass is 9.32. The maximum Gasteiger partial charge on any atom is 0.309 e. The number of nitrogens with zero attached hydrogens (tertiary/aromatic N) is 1. The Balaban J connectivity index is 1.20. The minimum absolute atomic E-state index is 0.0378. The van der Waals surface area contributed by atoms with Crippen molar-refractivity contribution in [2.75, 3.05) is 19.6 Å². The molecule has 46 heavy (non-hydrogen) atoms. The number of carbonyl (C=O) groups excluding carboxylic acids is 3. The van der Waals surface area contributed by atoms with E-state index in [1.807, 2.05) is 0 Å². The van der Waals surface area contributed by atoms with Gasteiger partial charge in [-0.05, 0) is 123 Å². The van der Waals surface area contributed by atoms with Crippen LogP contribution in [0.4, 0.5) is 0 Å². The van der Waals surface area contributed by atoms with Crippen LogP contribution in [-0.4, -0.2) is 59.5 Å². The molecule has 1 aliphatic heterocycles. The third kappa shape index (κ3) is 5.04. The fraction of sp³-hybridized carbons (Fsp3) is 0.895. The van der Waals surface area contributed by atoms with Crippen LogP contribution < -0.4 is 5.32 Å². The van der Waals surface area contributed by atoms with Crippen LogP contribution in [0.3, 0.4) is 0 Å². The number of aliphatic carboxylic acids is 1. The molecule has 2 amide bonds. The number of nitrogens with one attached hydrogen (secondary N) is 1. The average Bonchev–Trinajstić information content (AvgIpc) is 3.38. The van der Waals surface area contributed by atoms with E-state index >= 15 is 0 Å². The monoisotopic (exact) mass is 640 g/mol. The van der Waals surface area contributed by atoms with Gasteiger partial charge in [0, 0.05) is 24.9 Å². The van der Waals surface area contributed by atoms with Gasteiger partial charge in [0.1, 0.15) is 6.10 Å². The first-order valence-corrected chi connectivity index (χ1v) is 18.4. The summed E-state index contributed by atoms with van der Waals surface area (Å²) in [5, 5.41) is 12.4. The summed E-state index contributed by atoms with van der Waals surface area (Å²) >= 11 is 0. The van der Waals surface area contributed by atoms with Crippen LogP contribution >= 0.6 is 0 Å². The minimum atomic E-state index is -1.14. The van der Waals surface area contributed by atoms with Crippen LogP contribution in [0.2, 0.25) is 0 Å². The Morgan fingerprint density at radius 1 is 0.891 bits per heavy atom. The average molecular weight is 641 g/mol. The standard InChI is InChI=1S/C38H60N2O6/c1-33(2,32(44)45)22-31(43)46-28-13-15-35(5)26(34(28,3)4)12-16-37(7)27(35)11-10-24-25-9-8-14-38(25,18-17-36(24,37)6)21-30(42)40-20-19-39-29(41)23-40/h24-28H,8-23H2,1-7H3,(H,39,41)(H,44,45)/t24-,25-,26?,27?,28+,35+,36-,37-,38-/m1/s1. The number of amides is 2. The van der Waals surface area contributed by atoms with Crippen molar-refractivity contribution in [2.24, 2.45) is 56.2 Å². The maximum atomic E-state index is 13.6. The number of rotatable bonds is 6. The number of hydrogen-bond acceptors (Lipinski definition) is 5. The summed E-state index contributed by atoms with van der Waals surface area (Å²) in [6, 6.07) is 0. The van der Waals surface area contributed by atoms with Crippen LogP contribution in [0.15, 0.2) is 0 Å². The second-order valence-corrected chi connectivity index (χ2v) is 18.6. The molecule has 0 aromatic heterocycles. The molecule has 5 aliphatic carbocycles. The zero-order valence-corrected chi connectivity index (χ0v) is 29.6. The molecule has 0 radical (unpaired) electrons. The molecule has 2 N–H and O–H groups in total. The van der Waals surface area contributed by atoms with Crippen LogP contribution in [-0.2, 0) is 23.9 Å². The van der Waals surface area contributed by atoms with E-state index in [1.54, 1.807) is 18.7 Å². The van der Waals surface area contributed by atoms with E-state index < -0.39 is 17.4 Å². The molecule has 0 aromatic rings. The van der Waals surface area contributed by atoms with Gasteiger partial charge in [0.05, 0.1) is 18.4 Å². The third-order valence-electron chi connectivity index (χ3n) is 15.8. The second-order valence-electron chi connectivity index (χ2n) is 18.6. The van der Waals surface area contributed by atoms with Crippen molar-refractivity contribution >= 4 is 23.8 Å². The summed E-state index contributed by atoms with van der Waals surface area (Å²) in [6.07, 6.45) is 12.8. The maximum absolute atomic E-state index is 13.6. The first-order valence-electron chi connectivity index (χ1n) is 18.4. The molecule has 8 nitrogen and oxygen atoms in total. The summed E-state index contributed by atoms with van der Waals surface area (Å²) in [7, 11) is 0. The van der Waals surface area contributed by atoms with Crippen molar-refractivity contribution in [1.82, 2.24) is 10.2 Å². The Kier molecular flexibility index (Phi) is 8.24. The Hall–Kier alpha value is -2.12. The topological polar surface area (TPSA) is 113 Å². The quantitative estimate of drug-likeness (QED) is 0.316. The predicted octanol–water partition coefficient (Wildman–Crippen LogP) is 6.60. The third-order valence-corrected chi connectivity index (χ3v) is 15.8. The van der Waals surface area contributed by atoms with Crippen molar-refractivity contribution < 1.29 is 29.0 Å². The molecule has 0 spiro atoms. The zero-order valence-electron chi connectivity index (χ0n) is 29.6. The fourth-order valence-corrected chi connectivity index (χ4v) is 13.1. The Labute approximate surface area is 276 Å². The summed E-state index contributed by atoms with van der Waals surface area (Å²) in [5.41, 5.74) is -0.642. The molecular formula is C38H60N2O6. The number of hydrogen-bond donors (Lipinski definition) is 2. The molecule has 258 valence electrons. The normalized spacial score (nSPS) is 43.3. The number of piperazine rings is 1. The van der Waals surface area contributed by atoms with E-state index in [1.165, 1.54) is 38.5 Å². The SMILES string of the molecule is CC(C)(CC(=O)O[C@H]1CC[C@@]2(C)C(CC[C@]3(C)C2CC[C@@H]2[C@H]4CCC[C@]4(CC(=O)N4CCNC(=O)C4)CC[C@]23C)C1(C)C)C(=O)O. The highest BCUT2D eigenvalue weighted by Crippen LogP contribution is 2.77. The predicted molar refractivity (Wildman–Crippen MR) is 175 cm³/mol. The molecule has 6 fully saturated rings. The van der Waals surface area contributed by atoms with Gasteiger partial charge >= 0.3 is 11.9 Å². The molecule has 9 atom stereocenters. The highest BCUT2D eigenvalue weighted by molar-refractivity contribution is 5.86. The zero-order chi connectivity index (χ0) is 33.5. The molecule has 1 saturated heterocycles. The molecule has 1 heterocycles. The number of fused-ring (bicyclic) bond motifs is 7. The van der Waals surface area contributed by atoms with Crippen molar-refractivity contribution in [2.45, 2.75) is 138 Å². The Morgan fingerprint density at radius 3 is 2.33 bits per heavy atom. The highest BCUT2D eigenvalue weighted by Gasteiger charge is 2.70. The molecule has 2 unspecified atom stereocenters. The van der Waals surface area contributed by atoms with Crippen LogP contribution in [0.25, 0.3) is 0 Å². The summed E-state index contributed by atoms with van der Waals surface area (Å²) in [6.45, 7) is 16.9. The first kappa shape index (κ1) is 33.8. The van der Waals surface area contributed by atoms with E-state index in [0.29, 0.717) is 43.2 Å². The molecule has 5 saturated carbocycles. The van der Waals surface area contributed by atoms with Gasteiger partial charge in [0.15, 0.2) is 0 Å². The van der Waals surface area contributed by atoms with Crippen LogP contribution in [0.1, 0.15) is 132 Å². The Bertz CT molecular complexity index is 1280. The Morgan fingerprint density at radius 2 is 1.63 bits per heavy atom. The van der Waals surface area contributed by atoms with Gasteiger partial charge in [0.25, 0.3) is 0 Å². The highest BCUT2D eigenvalue weighted by atomic mass is 16.5. The summed E-state index contributed by atoms with van der Waals surface area (Å²) in [5.74, 6) is 1.02. The minimum Gasteiger partial charge on any atom is -0.481 e. The van der Waals surface area contributed by atoms with Gasteiger partial charge in [-0.3, -0.25) is 19.2 Å². The van der Waals surface area contributed by atoms with Crippen molar-refractivity contribution in [1.29, 1.82) is 0 Å². The van der Waals surface area contributed by atoms with Crippen molar-refractivity contribution in [3.05, 3.63) is 0 Å². The molecule has 6 rings (SSSR count). The lowest BCUT2D eigenvalue weighted by molar-refractivity contribution is -0.248. The van der Waals surface area contributed by atoms with E-state index in [-0.39, 0.29) is 58.0 Å². The van der Waals surface area contributed by atoms with Gasteiger partial charge in [-0.2, -0.15) is 0 Å². The van der Waals surface area contributed by atoms with Crippen molar-refractivity contribution in [3.8, 4) is 0 Å². The summed E-state index contributed by atoms with van der Waals surface area (Å²) < 4.78 is 6.14. The van der Waals surface area contributed by atoms with E-state index in [9.17, 15) is 24.3 Å². The van der Waals surface area contributed by atoms with Gasteiger partial charge < -0.3 is 20.1 Å². The van der Waals surface area contributed by atoms with E-state index in [2.05, 4.69) is 39.9 Å². The number of carboxylic acids is 1. The van der Waals surface area contributed by atoms with Gasteiger partial charge in [0.2, 0.25) is 11.8 Å². The molecule has 0 bridgehead atoms. The number of carbonyl (C=O) groups is 4. The van der Waals surface area contributed by atoms with Gasteiger partial charge in [-0.1, -0.05) is 41.0 Å². The number of carboxylic acid groups (broad SMARTS) is 1. The largest absolute Gasteiger partial charge is 0.481 e. The van der Waals surface area contributed by atoms with Crippen molar-refractivity contribution in [3.63, 3.8) is 0 Å². The number of esters is 1. The molecule has 6 aliphatic rings. The van der Waals surface area contributed by atoms with Gasteiger partial charge in [-0.25, -0.2) is 0 Å². The lowest BCUT2D eigenvalue weighted by Gasteiger charge is -2.72. The fourth-order valence-electron chi connectivity index (χ4n) is 13.1. The van der Waals surface area contributed by atoms with E-state index in [4.69, 9.17) is 4.74 Å². The van der Waals surface area contributed by atoms with Crippen LogP contribution in [0, 0.1) is 56.2 Å². The first-order chi connectivity index (χ1) is 21.4. The van der Waals surface area contributed by atoms with Gasteiger partial charge in [-0.15, -0.1) is 0 Å².